The van der Waals surface area contributed by atoms with Crippen LogP contribution < -0.4 is 0 Å². The van der Waals surface area contributed by atoms with Gasteiger partial charge < -0.3 is 0 Å². The van der Waals surface area contributed by atoms with Crippen LogP contribution in [0.15, 0.2) is 12.7 Å². The Labute approximate surface area is 233 Å². The molecule has 0 saturated carbocycles. The summed E-state index contributed by atoms with van der Waals surface area (Å²) in [5.74, 6) is 0.0995. The number of amides is 1. The van der Waals surface area contributed by atoms with Crippen molar-refractivity contribution in [2.45, 2.75) is 61.8 Å². The van der Waals surface area contributed by atoms with E-state index in [0.717, 1.165) is 0 Å². The van der Waals surface area contributed by atoms with E-state index in [-0.39, 0.29) is 137 Å². The molecule has 0 aromatic carbocycles. The first-order valence-corrected chi connectivity index (χ1v) is 6.49. The van der Waals surface area contributed by atoms with Crippen LogP contribution in [0.2, 0.25) is 0 Å². The number of nitrogens with zero attached hydrogens (tertiary/aromatic N) is 1. The van der Waals surface area contributed by atoms with Crippen molar-refractivity contribution in [1.29, 1.82) is 0 Å². The van der Waals surface area contributed by atoms with Crippen molar-refractivity contribution in [3.63, 3.8) is 0 Å². The Balaban J connectivity index is -0.0000000171. The molecular formula is C15H35Ar2NO3W2. The second kappa shape index (κ2) is 56.3. The zero-order valence-electron chi connectivity index (χ0n) is 14.9. The van der Waals surface area contributed by atoms with E-state index in [1.807, 2.05) is 34.6 Å². The van der Waals surface area contributed by atoms with Gasteiger partial charge >= 0.3 is 0 Å². The Bertz CT molecular complexity index is 211. The Morgan fingerprint density at radius 2 is 1.30 bits per heavy atom. The molecule has 0 saturated heterocycles. The summed E-state index contributed by atoms with van der Waals surface area (Å²) in [6, 6.07) is 0. The van der Waals surface area contributed by atoms with Crippen LogP contribution in [0, 0.1) is 75.5 Å². The minimum Gasteiger partial charge on any atom is -0.295 e. The molecule has 0 rings (SSSR count). The maximum absolute atomic E-state index is 10.5. The topological polar surface area (TPSA) is 46.6 Å². The zero-order valence-corrected chi connectivity index (χ0v) is 22.2. The summed E-state index contributed by atoms with van der Waals surface area (Å²) in [7, 11) is 3.05. The molecule has 0 aromatic heterocycles. The molecule has 0 aliphatic carbocycles. The molecule has 23 heavy (non-hydrogen) atoms. The van der Waals surface area contributed by atoms with Crippen molar-refractivity contribution in [3.8, 4) is 0 Å². The average molecular weight is 725 g/mol. The predicted molar refractivity (Wildman–Crippen MR) is 85.0 cm³/mol. The van der Waals surface area contributed by atoms with E-state index in [1.165, 1.54) is 18.2 Å². The predicted octanol–water partition coefficient (Wildman–Crippen LogP) is 4.25. The number of ketones is 1. The zero-order chi connectivity index (χ0) is 15.6. The van der Waals surface area contributed by atoms with E-state index in [4.69, 9.17) is 0 Å². The van der Waals surface area contributed by atoms with Gasteiger partial charge in [0.15, 0.2) is 5.78 Å². The summed E-state index contributed by atoms with van der Waals surface area (Å²) >= 11 is 0. The number of hydrogen-bond donors (Lipinski definition) is 0. The summed E-state index contributed by atoms with van der Waals surface area (Å²) in [4.78, 5) is 25.2. The Morgan fingerprint density at radius 1 is 1.00 bits per heavy atom. The number of hydroxylamine groups is 2. The van der Waals surface area contributed by atoms with Crippen LogP contribution in [0.3, 0.4) is 0 Å². The van der Waals surface area contributed by atoms with E-state index in [9.17, 15) is 9.59 Å². The second-order valence-electron chi connectivity index (χ2n) is 2.45. The number of carbonyl (C=O) groups is 2. The molecule has 1 amide bonds. The molecule has 4 nitrogen and oxygen atoms in total. The van der Waals surface area contributed by atoms with Crippen LogP contribution in [0.5, 0.6) is 0 Å². The van der Waals surface area contributed by atoms with Gasteiger partial charge in [0.1, 0.15) is 0 Å². The summed E-state index contributed by atoms with van der Waals surface area (Å²) in [5.41, 5.74) is 0. The van der Waals surface area contributed by atoms with E-state index >= 15 is 0 Å². The van der Waals surface area contributed by atoms with Gasteiger partial charge in [0, 0.05) is 137 Å². The van der Waals surface area contributed by atoms with E-state index in [1.54, 1.807) is 14.0 Å². The maximum Gasteiger partial charge on any atom is 0.245 e. The second-order valence-corrected chi connectivity index (χ2v) is 2.45. The summed E-state index contributed by atoms with van der Waals surface area (Å²) in [6.45, 7) is 14.9. The molecule has 0 atom stereocenters. The van der Waals surface area contributed by atoms with Gasteiger partial charge in [-0.25, -0.2) is 5.06 Å². The largest absolute Gasteiger partial charge is 0.295 e. The van der Waals surface area contributed by atoms with Gasteiger partial charge in [-0.2, -0.15) is 0 Å². The van der Waals surface area contributed by atoms with Crippen LogP contribution in [0.4, 0.5) is 0 Å². The maximum atomic E-state index is 10.5. The fourth-order valence-electron chi connectivity index (χ4n) is 0.469. The van der Waals surface area contributed by atoms with E-state index in [2.05, 4.69) is 11.4 Å². The normalized spacial score (nSPS) is 5.57. The Kier molecular flexibility index (Phi) is 138. The molecule has 8 heteroatoms. The van der Waals surface area contributed by atoms with Crippen molar-refractivity contribution in [2.24, 2.45) is 0 Å². The van der Waals surface area contributed by atoms with Crippen LogP contribution in [-0.2, 0) is 56.6 Å². The van der Waals surface area contributed by atoms with Gasteiger partial charge in [-0.1, -0.05) is 55.5 Å². The quantitative estimate of drug-likeness (QED) is 0.322. The molecule has 0 bridgehead atoms. The molecule has 0 aliphatic heterocycles. The number of allylic oxidation sites excluding steroid dienone is 1. The van der Waals surface area contributed by atoms with Gasteiger partial charge in [-0.3, -0.25) is 14.4 Å². The molecule has 0 aromatic rings. The minimum atomic E-state index is -0.00694. The molecule has 0 fully saturated rings. The first-order chi connectivity index (χ1) is 8.53. The van der Waals surface area contributed by atoms with Crippen molar-refractivity contribution >= 4 is 11.7 Å². The fraction of sp³-hybridized carbons (Fsp3) is 0.733. The molecule has 0 aliphatic rings. The molecule has 0 N–H and O–H groups in total. The fourth-order valence-corrected chi connectivity index (χ4v) is 0.469. The van der Waals surface area contributed by atoms with Gasteiger partial charge in [0.2, 0.25) is 5.91 Å². The molecule has 0 radical (unpaired) electrons. The third-order valence-electron chi connectivity index (χ3n) is 1.50. The summed E-state index contributed by atoms with van der Waals surface area (Å²) in [6.07, 6.45) is 2.40. The number of rotatable bonds is 4. The number of hydrogen-bond acceptors (Lipinski definition) is 3. The van der Waals surface area contributed by atoms with Crippen LogP contribution >= 0.6 is 0 Å². The molecule has 0 unspecified atom stereocenters. The SMILES string of the molecule is C.C=CC(=O)CC.CC.CC.CCC(=O)N(C)OC.[Ar].[Ar].[W].[W]. The third kappa shape index (κ3) is 58.9. The summed E-state index contributed by atoms with van der Waals surface area (Å²) < 4.78 is 0. The van der Waals surface area contributed by atoms with Crippen molar-refractivity contribution in [2.75, 3.05) is 14.2 Å². The van der Waals surface area contributed by atoms with Gasteiger partial charge in [0.25, 0.3) is 0 Å². The van der Waals surface area contributed by atoms with Gasteiger partial charge in [-0.15, -0.1) is 0 Å². The minimum absolute atomic E-state index is 0. The third-order valence-corrected chi connectivity index (χ3v) is 1.50. The van der Waals surface area contributed by atoms with Crippen molar-refractivity contribution in [1.82, 2.24) is 5.06 Å². The van der Waals surface area contributed by atoms with Crippen LogP contribution in [0.1, 0.15) is 61.8 Å². The van der Waals surface area contributed by atoms with Gasteiger partial charge in [0.05, 0.1) is 7.11 Å². The molecule has 146 valence electrons. The monoisotopic (exact) mass is 725 g/mol. The average Bonchev–Trinajstić information content (AvgIpc) is 2.49. The molecular weight excluding hydrogens is 690 g/mol. The van der Waals surface area contributed by atoms with Crippen LogP contribution in [0.25, 0.3) is 0 Å². The number of carbonyl (C=O) groups excluding carboxylic acids is 2. The first-order valence-electron chi connectivity index (χ1n) is 6.49. The van der Waals surface area contributed by atoms with E-state index in [0.29, 0.717) is 12.8 Å². The van der Waals surface area contributed by atoms with Crippen molar-refractivity contribution < 1.29 is 132 Å². The van der Waals surface area contributed by atoms with E-state index < -0.39 is 0 Å². The summed E-state index contributed by atoms with van der Waals surface area (Å²) in [5, 5.41) is 1.21. The van der Waals surface area contributed by atoms with Gasteiger partial charge in [-0.05, 0) is 6.08 Å². The molecule has 0 spiro atoms. The standard InChI is InChI=1S/C5H11NO2.C5H8O.2C2H6.CH4.2Ar.2W/c1-4-5(7)6(2)8-3;1-3-5(6)4-2;2*1-2;;;;;/h4H2,1-3H3;3H,1,4H2,2H3;2*1-2H3;1H4;;;;. The van der Waals surface area contributed by atoms with Crippen LogP contribution in [-0.4, -0.2) is 30.9 Å². The smallest absolute Gasteiger partial charge is 0.245 e. The Morgan fingerprint density at radius 3 is 1.35 bits per heavy atom. The van der Waals surface area contributed by atoms with Crippen molar-refractivity contribution in [3.05, 3.63) is 12.7 Å². The first kappa shape index (κ1) is 56.2. The molecule has 0 heterocycles. The Hall–Kier alpha value is 2.74.